The van der Waals surface area contributed by atoms with Gasteiger partial charge in [0, 0.05) is 32.9 Å². The highest BCUT2D eigenvalue weighted by Gasteiger charge is 2.44. The van der Waals surface area contributed by atoms with Crippen LogP contribution in [0.15, 0.2) is 53.4 Å². The lowest BCUT2D eigenvalue weighted by atomic mass is 10.0. The lowest BCUT2D eigenvalue weighted by Crippen LogP contribution is -2.51. The smallest absolute Gasteiger partial charge is 0.407 e. The van der Waals surface area contributed by atoms with Crippen molar-refractivity contribution >= 4 is 29.4 Å². The van der Waals surface area contributed by atoms with Crippen molar-refractivity contribution in [3.05, 3.63) is 54.1 Å². The molecule has 0 saturated carbocycles. The molecule has 0 unspecified atom stereocenters. The molecule has 0 aliphatic carbocycles. The van der Waals surface area contributed by atoms with Crippen LogP contribution >= 0.6 is 7.60 Å². The number of nitrogens with one attached hydrogen (secondary N) is 1. The summed E-state index contributed by atoms with van der Waals surface area (Å²) in [5.41, 5.74) is 1.82. The number of alkyl carbamates (subject to hydrolysis) is 1. The number of hydrogen-bond acceptors (Lipinski definition) is 12. The summed E-state index contributed by atoms with van der Waals surface area (Å²) in [4.78, 5) is 15.2. The van der Waals surface area contributed by atoms with Crippen LogP contribution in [0.2, 0.25) is 0 Å². The standard InChI is InChI=1S/C34H52N3O11PS.C2H6/c1-7-46-49(40,47-8-2)23-45-27-13-15-28(16-14-27)50(41,42)37(20-24(3)4)21-31(38)30(19-25-9-11-26(12-10-25)36(5)6)35-34(39)48-32-22-44-33-29(32)17-18-43-33;1-2/h9-16,24,29-33,38H,7-8,17-23H2,1-6H3,(H,35,39);1-2H3/t29-,30-,31+,32-,33+;/m0./s1. The highest BCUT2D eigenvalue weighted by molar-refractivity contribution is 7.89. The number of sulfonamides is 1. The predicted molar refractivity (Wildman–Crippen MR) is 199 cm³/mol. The maximum Gasteiger partial charge on any atom is 0.407 e. The second-order valence-corrected chi connectivity index (χ2v) is 16.9. The summed E-state index contributed by atoms with van der Waals surface area (Å²) in [5.74, 6) is 0.139. The average Bonchev–Trinajstić information content (AvgIpc) is 3.73. The number of amides is 1. The zero-order valence-corrected chi connectivity index (χ0v) is 33.4. The first kappa shape index (κ1) is 43.7. The molecule has 2 aliphatic rings. The third-order valence-electron chi connectivity index (χ3n) is 8.38. The molecular weight excluding hydrogens is 713 g/mol. The number of carbonyl (C=O) groups is 1. The Kier molecular flexibility index (Phi) is 17.3. The number of hydrogen-bond donors (Lipinski definition) is 2. The van der Waals surface area contributed by atoms with E-state index in [1.165, 1.54) is 28.6 Å². The largest absolute Gasteiger partial charge is 0.481 e. The summed E-state index contributed by atoms with van der Waals surface area (Å²) < 4.78 is 75.0. The summed E-state index contributed by atoms with van der Waals surface area (Å²) in [6.07, 6.45) is -2.32. The first-order chi connectivity index (χ1) is 24.7. The molecule has 2 aliphatic heterocycles. The highest BCUT2D eigenvalue weighted by atomic mass is 32.2. The molecule has 4 rings (SSSR count). The molecule has 2 heterocycles. The van der Waals surface area contributed by atoms with Crippen LogP contribution in [0, 0.1) is 11.8 Å². The van der Waals surface area contributed by atoms with Gasteiger partial charge in [-0.3, -0.25) is 4.57 Å². The minimum Gasteiger partial charge on any atom is -0.481 e. The van der Waals surface area contributed by atoms with Crippen molar-refractivity contribution in [3.8, 4) is 5.75 Å². The molecular formula is C36H58N3O11PS. The quantitative estimate of drug-likeness (QED) is 0.173. The molecule has 52 heavy (non-hydrogen) atoms. The summed E-state index contributed by atoms with van der Waals surface area (Å²) >= 11 is 0. The van der Waals surface area contributed by atoms with E-state index in [1.54, 1.807) is 13.8 Å². The van der Waals surface area contributed by atoms with Crippen LogP contribution in [-0.2, 0) is 44.3 Å². The second-order valence-electron chi connectivity index (χ2n) is 13.0. The third kappa shape index (κ3) is 12.4. The lowest BCUT2D eigenvalue weighted by molar-refractivity contribution is -0.0907. The summed E-state index contributed by atoms with van der Waals surface area (Å²) in [6, 6.07) is 12.5. The molecule has 0 bridgehead atoms. The monoisotopic (exact) mass is 771 g/mol. The van der Waals surface area contributed by atoms with Gasteiger partial charge in [-0.1, -0.05) is 39.8 Å². The first-order valence-electron chi connectivity index (χ1n) is 18.0. The van der Waals surface area contributed by atoms with Gasteiger partial charge in [0.05, 0.1) is 49.4 Å². The van der Waals surface area contributed by atoms with Gasteiger partial charge in [-0.2, -0.15) is 4.31 Å². The van der Waals surface area contributed by atoms with Crippen LogP contribution < -0.4 is 15.0 Å². The molecule has 5 atom stereocenters. The normalized spacial score (nSPS) is 19.8. The Morgan fingerprint density at radius 2 is 1.63 bits per heavy atom. The maximum absolute atomic E-state index is 14.0. The average molecular weight is 772 g/mol. The van der Waals surface area contributed by atoms with E-state index in [2.05, 4.69) is 5.32 Å². The molecule has 2 aromatic carbocycles. The van der Waals surface area contributed by atoms with Crippen molar-refractivity contribution < 1.29 is 50.9 Å². The topological polar surface area (TPSA) is 162 Å². The van der Waals surface area contributed by atoms with E-state index in [1.807, 2.05) is 71.0 Å². The number of carbonyl (C=O) groups excluding carboxylic acids is 1. The van der Waals surface area contributed by atoms with E-state index in [4.69, 9.17) is 28.0 Å². The highest BCUT2D eigenvalue weighted by Crippen LogP contribution is 2.48. The molecule has 16 heteroatoms. The van der Waals surface area contributed by atoms with E-state index in [0.29, 0.717) is 13.0 Å². The minimum absolute atomic E-state index is 0.0201. The van der Waals surface area contributed by atoms with Crippen molar-refractivity contribution in [1.82, 2.24) is 9.62 Å². The van der Waals surface area contributed by atoms with Crippen LogP contribution in [0.25, 0.3) is 0 Å². The molecule has 294 valence electrons. The maximum atomic E-state index is 14.0. The van der Waals surface area contributed by atoms with Crippen molar-refractivity contribution in [2.24, 2.45) is 11.8 Å². The van der Waals surface area contributed by atoms with Crippen LogP contribution in [0.1, 0.15) is 53.5 Å². The number of anilines is 1. The zero-order chi connectivity index (χ0) is 38.5. The fourth-order valence-corrected chi connectivity index (χ4v) is 8.81. The van der Waals surface area contributed by atoms with Gasteiger partial charge in [0.25, 0.3) is 0 Å². The number of aliphatic hydroxyl groups excluding tert-OH is 1. The fourth-order valence-electron chi connectivity index (χ4n) is 5.87. The number of rotatable bonds is 19. The van der Waals surface area contributed by atoms with Gasteiger partial charge in [-0.25, -0.2) is 13.2 Å². The number of fused-ring (bicyclic) bond motifs is 1. The van der Waals surface area contributed by atoms with Gasteiger partial charge in [-0.05, 0) is 74.6 Å². The van der Waals surface area contributed by atoms with Gasteiger partial charge < -0.3 is 43.3 Å². The van der Waals surface area contributed by atoms with E-state index in [0.717, 1.165) is 11.3 Å². The third-order valence-corrected chi connectivity index (χ3v) is 12.0. The van der Waals surface area contributed by atoms with E-state index in [9.17, 15) is 22.9 Å². The Morgan fingerprint density at radius 3 is 2.21 bits per heavy atom. The first-order valence-corrected chi connectivity index (χ1v) is 21.2. The van der Waals surface area contributed by atoms with Crippen LogP contribution in [0.3, 0.4) is 0 Å². The van der Waals surface area contributed by atoms with Crippen molar-refractivity contribution in [2.75, 3.05) is 64.9 Å². The Hall–Kier alpha value is -2.75. The molecule has 2 N–H and O–H groups in total. The van der Waals surface area contributed by atoms with Gasteiger partial charge in [-0.15, -0.1) is 0 Å². The molecule has 2 fully saturated rings. The van der Waals surface area contributed by atoms with E-state index >= 15 is 0 Å². The van der Waals surface area contributed by atoms with Crippen LogP contribution in [0.4, 0.5) is 10.5 Å². The fraction of sp³-hybridized carbons (Fsp3) is 0.639. The van der Waals surface area contributed by atoms with E-state index < -0.39 is 48.3 Å². The number of nitrogens with zero attached hydrogens (tertiary/aromatic N) is 2. The van der Waals surface area contributed by atoms with Gasteiger partial charge in [0.15, 0.2) is 12.6 Å². The van der Waals surface area contributed by atoms with E-state index in [-0.39, 0.29) is 68.2 Å². The van der Waals surface area contributed by atoms with Gasteiger partial charge in [0.1, 0.15) is 11.9 Å². The van der Waals surface area contributed by atoms with Crippen LogP contribution in [-0.4, -0.2) is 108 Å². The molecule has 0 spiro atoms. The summed E-state index contributed by atoms with van der Waals surface area (Å²) in [5, 5.41) is 14.5. The Bertz CT molecular complexity index is 1520. The number of aliphatic hydroxyl groups is 1. The van der Waals surface area contributed by atoms with Crippen LogP contribution in [0.5, 0.6) is 5.75 Å². The van der Waals surface area contributed by atoms with Crippen molar-refractivity contribution in [3.63, 3.8) is 0 Å². The van der Waals surface area contributed by atoms with Gasteiger partial charge >= 0.3 is 13.7 Å². The van der Waals surface area contributed by atoms with Crippen molar-refractivity contribution in [2.45, 2.75) is 83.8 Å². The molecule has 14 nitrogen and oxygen atoms in total. The Labute approximate surface area is 309 Å². The van der Waals surface area contributed by atoms with Crippen molar-refractivity contribution in [1.29, 1.82) is 0 Å². The lowest BCUT2D eigenvalue weighted by Gasteiger charge is -2.31. The molecule has 2 saturated heterocycles. The Balaban J connectivity index is 0.00000358. The molecule has 1 amide bonds. The molecule has 2 aromatic rings. The van der Waals surface area contributed by atoms with Gasteiger partial charge in [0.2, 0.25) is 10.0 Å². The summed E-state index contributed by atoms with van der Waals surface area (Å²) in [7, 11) is -3.73. The summed E-state index contributed by atoms with van der Waals surface area (Å²) in [6.45, 7) is 12.1. The Morgan fingerprint density at radius 1 is 1.00 bits per heavy atom. The molecule has 0 aromatic heterocycles. The number of ether oxygens (including phenoxy) is 4. The molecule has 0 radical (unpaired) electrons. The number of benzene rings is 2. The SMILES string of the molecule is CC.CCOP(=O)(COc1ccc(S(=O)(=O)N(CC(C)C)C[C@@H](O)[C@H](Cc2ccc(N(C)C)cc2)NC(=O)O[C@H]2CO[C@H]3OCC[C@H]32)cc1)OCC. The predicted octanol–water partition coefficient (Wildman–Crippen LogP) is 5.49. The second kappa shape index (κ2) is 20.6. The zero-order valence-electron chi connectivity index (χ0n) is 31.7. The minimum atomic E-state index is -4.11.